The third kappa shape index (κ3) is 3.74. The van der Waals surface area contributed by atoms with Gasteiger partial charge in [-0.1, -0.05) is 18.7 Å². The average Bonchev–Trinajstić information content (AvgIpc) is 2.68. The first kappa shape index (κ1) is 20.6. The first-order chi connectivity index (χ1) is 14.2. The summed E-state index contributed by atoms with van der Waals surface area (Å²) in [6.45, 7) is 8.50. The number of ketones is 1. The summed E-state index contributed by atoms with van der Waals surface area (Å²) in [6, 6.07) is 7.43. The van der Waals surface area contributed by atoms with Gasteiger partial charge in [-0.05, 0) is 56.9 Å². The Hall–Kier alpha value is -2.67. The van der Waals surface area contributed by atoms with E-state index in [2.05, 4.69) is 48.8 Å². The smallest absolute Gasteiger partial charge is 0.347 e. The summed E-state index contributed by atoms with van der Waals surface area (Å²) >= 11 is 1.22. The average molecular weight is 424 g/mol. The summed E-state index contributed by atoms with van der Waals surface area (Å²) in [7, 11) is 2.07. The second kappa shape index (κ2) is 7.54. The monoisotopic (exact) mass is 423 g/mol. The summed E-state index contributed by atoms with van der Waals surface area (Å²) in [5.41, 5.74) is 3.09. The van der Waals surface area contributed by atoms with E-state index in [-0.39, 0.29) is 22.6 Å². The lowest BCUT2D eigenvalue weighted by molar-refractivity contribution is 0.101. The van der Waals surface area contributed by atoms with Gasteiger partial charge in [0.1, 0.15) is 11.1 Å². The molecule has 1 aliphatic rings. The Morgan fingerprint density at radius 3 is 2.83 bits per heavy atom. The maximum atomic E-state index is 12.7. The molecule has 1 aliphatic heterocycles. The lowest BCUT2D eigenvalue weighted by Crippen LogP contribution is -2.45. The molecule has 0 saturated heterocycles. The van der Waals surface area contributed by atoms with Crippen LogP contribution in [0.3, 0.4) is 0 Å². The number of aryl methyl sites for hydroxylation is 1. The van der Waals surface area contributed by atoms with E-state index in [0.717, 1.165) is 23.2 Å². The van der Waals surface area contributed by atoms with Crippen LogP contribution in [0.5, 0.6) is 0 Å². The predicted molar refractivity (Wildman–Crippen MR) is 120 cm³/mol. The number of carbonyl (C=O) groups is 1. The maximum absolute atomic E-state index is 12.7. The molecule has 0 amide bonds. The molecule has 2 aromatic heterocycles. The van der Waals surface area contributed by atoms with E-state index in [9.17, 15) is 9.59 Å². The molecule has 0 bridgehead atoms. The predicted octanol–water partition coefficient (Wildman–Crippen LogP) is 4.59. The number of hydrogen-bond donors (Lipinski definition) is 0. The third-order valence-electron chi connectivity index (χ3n) is 5.89. The van der Waals surface area contributed by atoms with E-state index in [1.54, 1.807) is 18.3 Å². The summed E-state index contributed by atoms with van der Waals surface area (Å²) in [6.07, 6.45) is 2.68. The van der Waals surface area contributed by atoms with Crippen molar-refractivity contribution in [2.45, 2.75) is 50.7 Å². The molecule has 4 rings (SSSR count). The Labute approximate surface area is 179 Å². The lowest BCUT2D eigenvalue weighted by atomic mass is 9.80. The molecule has 0 spiro atoms. The Bertz CT molecular complexity index is 1200. The van der Waals surface area contributed by atoms with Gasteiger partial charge >= 0.3 is 5.63 Å². The fourth-order valence-electron chi connectivity index (χ4n) is 4.08. The van der Waals surface area contributed by atoms with Crippen molar-refractivity contribution in [1.82, 2.24) is 9.97 Å². The van der Waals surface area contributed by atoms with Crippen molar-refractivity contribution >= 4 is 34.2 Å². The minimum Gasteiger partial charge on any atom is -0.422 e. The van der Waals surface area contributed by atoms with Crippen LogP contribution < -0.4 is 10.5 Å². The van der Waals surface area contributed by atoms with Crippen LogP contribution in [0, 0.1) is 6.92 Å². The van der Waals surface area contributed by atoms with Crippen molar-refractivity contribution in [2.75, 3.05) is 17.7 Å². The van der Waals surface area contributed by atoms with Crippen LogP contribution in [0.2, 0.25) is 0 Å². The number of thioether (sulfide) groups is 1. The number of carbonyl (C=O) groups excluding carboxylic acids is 1. The van der Waals surface area contributed by atoms with Crippen LogP contribution in [0.25, 0.3) is 11.0 Å². The van der Waals surface area contributed by atoms with Crippen LogP contribution in [0.4, 0.5) is 5.69 Å². The summed E-state index contributed by atoms with van der Waals surface area (Å²) in [5, 5.41) is 1.29. The van der Waals surface area contributed by atoms with Crippen LogP contribution in [-0.2, 0) is 0 Å². The molecule has 0 unspecified atom stereocenters. The van der Waals surface area contributed by atoms with Gasteiger partial charge < -0.3 is 9.32 Å². The molecule has 7 heteroatoms. The number of hydrogen-bond acceptors (Lipinski definition) is 7. The Balaban J connectivity index is 1.67. The molecule has 6 nitrogen and oxygen atoms in total. The van der Waals surface area contributed by atoms with Crippen molar-refractivity contribution in [1.29, 1.82) is 0 Å². The molecule has 30 heavy (non-hydrogen) atoms. The number of rotatable bonds is 4. The van der Waals surface area contributed by atoms with E-state index in [4.69, 9.17) is 4.42 Å². The summed E-state index contributed by atoms with van der Waals surface area (Å²) in [5.74, 6) is 0.165. The highest BCUT2D eigenvalue weighted by molar-refractivity contribution is 7.99. The van der Waals surface area contributed by atoms with E-state index >= 15 is 0 Å². The van der Waals surface area contributed by atoms with Gasteiger partial charge in [-0.3, -0.25) is 4.79 Å². The van der Waals surface area contributed by atoms with Gasteiger partial charge in [0.05, 0.1) is 5.75 Å². The van der Waals surface area contributed by atoms with Crippen molar-refractivity contribution in [3.8, 4) is 0 Å². The van der Waals surface area contributed by atoms with Gasteiger partial charge in [0.2, 0.25) is 0 Å². The molecular weight excluding hydrogens is 398 g/mol. The van der Waals surface area contributed by atoms with Gasteiger partial charge in [-0.2, -0.15) is 0 Å². The molecule has 3 heterocycles. The number of aromatic nitrogens is 2. The SMILES string of the molecule is Cc1ccnc(SCC(=O)c2cc3cc4c(cc3oc2=O)N(C)C(C)(C)C[C@@H]4C)n1. The highest BCUT2D eigenvalue weighted by Gasteiger charge is 2.34. The first-order valence-corrected chi connectivity index (χ1v) is 11.0. The Morgan fingerprint density at radius 1 is 1.33 bits per heavy atom. The minimum atomic E-state index is -0.607. The summed E-state index contributed by atoms with van der Waals surface area (Å²) in [4.78, 5) is 35.9. The zero-order chi connectivity index (χ0) is 21.6. The topological polar surface area (TPSA) is 76.3 Å². The number of benzene rings is 1. The van der Waals surface area contributed by atoms with Gasteiger partial charge in [-0.25, -0.2) is 14.8 Å². The number of nitrogens with zero attached hydrogens (tertiary/aromatic N) is 3. The molecule has 0 saturated carbocycles. The maximum Gasteiger partial charge on any atom is 0.347 e. The van der Waals surface area contributed by atoms with Crippen molar-refractivity contribution < 1.29 is 9.21 Å². The largest absolute Gasteiger partial charge is 0.422 e. The summed E-state index contributed by atoms with van der Waals surface area (Å²) < 4.78 is 5.56. The molecule has 0 fully saturated rings. The molecule has 0 aliphatic carbocycles. The van der Waals surface area contributed by atoms with Crippen molar-refractivity contribution in [2.24, 2.45) is 0 Å². The number of fused-ring (bicyclic) bond motifs is 2. The third-order valence-corrected chi connectivity index (χ3v) is 6.75. The van der Waals surface area contributed by atoms with Gasteiger partial charge in [0.25, 0.3) is 0 Å². The molecular formula is C23H25N3O3S. The second-order valence-electron chi connectivity index (χ2n) is 8.57. The molecule has 0 N–H and O–H groups in total. The van der Waals surface area contributed by atoms with Crippen LogP contribution in [0.15, 0.2) is 44.8 Å². The van der Waals surface area contributed by atoms with Gasteiger partial charge in [0.15, 0.2) is 10.9 Å². The zero-order valence-corrected chi connectivity index (χ0v) is 18.7. The van der Waals surface area contributed by atoms with Crippen LogP contribution >= 0.6 is 11.8 Å². The second-order valence-corrected chi connectivity index (χ2v) is 9.51. The van der Waals surface area contributed by atoms with Gasteiger partial charge in [-0.15, -0.1) is 0 Å². The van der Waals surface area contributed by atoms with Crippen LogP contribution in [-0.4, -0.2) is 34.1 Å². The standard InChI is InChI=1S/C23H25N3O3S/c1-13-11-23(3,4)26(5)18-10-20-15(8-16(13)18)9-17(21(28)29-20)19(27)12-30-22-24-7-6-14(2)25-22/h6-10,13H,11-12H2,1-5H3/t13-/m0/s1. The zero-order valence-electron chi connectivity index (χ0n) is 17.9. The fourth-order valence-corrected chi connectivity index (χ4v) is 4.84. The first-order valence-electron chi connectivity index (χ1n) is 9.97. The fraction of sp³-hybridized carbons (Fsp3) is 0.391. The van der Waals surface area contributed by atoms with Gasteiger partial charge in [0, 0.05) is 41.6 Å². The molecule has 0 radical (unpaired) electrons. The quantitative estimate of drug-likeness (QED) is 0.263. The van der Waals surface area contributed by atoms with Crippen molar-refractivity contribution in [3.63, 3.8) is 0 Å². The normalized spacial score (nSPS) is 17.8. The molecule has 1 aromatic carbocycles. The highest BCUT2D eigenvalue weighted by Crippen LogP contribution is 2.43. The Kier molecular flexibility index (Phi) is 5.18. The van der Waals surface area contributed by atoms with Crippen LogP contribution in [0.1, 0.15) is 54.7 Å². The number of Topliss-reactive ketones (excluding diaryl/α,β-unsaturated/α-hetero) is 1. The van der Waals surface area contributed by atoms with E-state index in [0.29, 0.717) is 16.7 Å². The van der Waals surface area contributed by atoms with E-state index in [1.807, 2.05) is 13.0 Å². The molecule has 3 aromatic rings. The lowest BCUT2D eigenvalue weighted by Gasteiger charge is -2.45. The molecule has 1 atom stereocenters. The highest BCUT2D eigenvalue weighted by atomic mass is 32.2. The minimum absolute atomic E-state index is 0.0192. The van der Waals surface area contributed by atoms with Crippen molar-refractivity contribution in [3.05, 3.63) is 57.7 Å². The van der Waals surface area contributed by atoms with E-state index < -0.39 is 5.63 Å². The number of anilines is 1. The van der Waals surface area contributed by atoms with E-state index in [1.165, 1.54) is 17.3 Å². The molecule has 156 valence electrons. The Morgan fingerprint density at radius 2 is 2.10 bits per heavy atom.